The standard InChI is InChI=1S/C15H18ClNO4/c16-11-5-4-10(17(19)20)8-12(11)21-14-9-13(18)15(14)6-2-1-3-7-15/h4-5,8,13-14,18H,1-3,6-7,9H2. The first kappa shape index (κ1) is 14.6. The molecule has 0 aliphatic heterocycles. The van der Waals surface area contributed by atoms with Crippen molar-refractivity contribution >= 4 is 17.3 Å². The van der Waals surface area contributed by atoms with Crippen LogP contribution in [0.1, 0.15) is 38.5 Å². The van der Waals surface area contributed by atoms with Crippen LogP contribution in [0.5, 0.6) is 5.75 Å². The number of halogens is 1. The van der Waals surface area contributed by atoms with Gasteiger partial charge in [0.15, 0.2) is 0 Å². The number of ether oxygens (including phenoxy) is 1. The largest absolute Gasteiger partial charge is 0.488 e. The van der Waals surface area contributed by atoms with Gasteiger partial charge in [0.2, 0.25) is 0 Å². The number of hydrogen-bond acceptors (Lipinski definition) is 4. The van der Waals surface area contributed by atoms with Gasteiger partial charge in [-0.15, -0.1) is 0 Å². The lowest BCUT2D eigenvalue weighted by Gasteiger charge is -2.55. The van der Waals surface area contributed by atoms with E-state index < -0.39 is 4.92 Å². The minimum Gasteiger partial charge on any atom is -0.488 e. The molecule has 2 aliphatic rings. The second-order valence-electron chi connectivity index (χ2n) is 6.02. The molecule has 2 fully saturated rings. The second-order valence-corrected chi connectivity index (χ2v) is 6.43. The normalized spacial score (nSPS) is 27.1. The van der Waals surface area contributed by atoms with Crippen molar-refractivity contribution < 1.29 is 14.8 Å². The average molecular weight is 312 g/mol. The molecule has 0 saturated heterocycles. The van der Waals surface area contributed by atoms with Gasteiger partial charge in [0, 0.05) is 17.9 Å². The molecule has 2 atom stereocenters. The Labute approximate surface area is 128 Å². The van der Waals surface area contributed by atoms with Crippen LogP contribution >= 0.6 is 11.6 Å². The van der Waals surface area contributed by atoms with Gasteiger partial charge in [0.05, 0.1) is 22.1 Å². The van der Waals surface area contributed by atoms with Crippen molar-refractivity contribution in [1.82, 2.24) is 0 Å². The maximum Gasteiger partial charge on any atom is 0.273 e. The van der Waals surface area contributed by atoms with E-state index in [4.69, 9.17) is 16.3 Å². The third-order valence-corrected chi connectivity index (χ3v) is 5.23. The summed E-state index contributed by atoms with van der Waals surface area (Å²) in [6.07, 6.45) is 5.42. The van der Waals surface area contributed by atoms with Crippen LogP contribution in [0.4, 0.5) is 5.69 Å². The molecule has 0 bridgehead atoms. The zero-order chi connectivity index (χ0) is 15.0. The van der Waals surface area contributed by atoms with E-state index in [1.165, 1.54) is 24.6 Å². The van der Waals surface area contributed by atoms with E-state index in [1.807, 2.05) is 0 Å². The zero-order valence-corrected chi connectivity index (χ0v) is 12.4. The van der Waals surface area contributed by atoms with Crippen LogP contribution in [0.25, 0.3) is 0 Å². The number of non-ortho nitro benzene ring substituents is 1. The molecule has 1 N–H and O–H groups in total. The summed E-state index contributed by atoms with van der Waals surface area (Å²) in [4.78, 5) is 10.4. The van der Waals surface area contributed by atoms with Crippen LogP contribution in [-0.2, 0) is 0 Å². The van der Waals surface area contributed by atoms with Crippen LogP contribution in [0.2, 0.25) is 5.02 Å². The van der Waals surface area contributed by atoms with E-state index in [-0.39, 0.29) is 23.3 Å². The molecule has 0 radical (unpaired) electrons. The van der Waals surface area contributed by atoms with Crippen LogP contribution in [0, 0.1) is 15.5 Å². The highest BCUT2D eigenvalue weighted by Gasteiger charge is 2.56. The fourth-order valence-electron chi connectivity index (χ4n) is 3.61. The maximum atomic E-state index is 10.8. The first-order valence-electron chi connectivity index (χ1n) is 7.31. The number of hydrogen-bond donors (Lipinski definition) is 1. The summed E-state index contributed by atoms with van der Waals surface area (Å²) in [5, 5.41) is 21.4. The van der Waals surface area contributed by atoms with Crippen molar-refractivity contribution in [2.75, 3.05) is 0 Å². The first-order chi connectivity index (χ1) is 10.0. The summed E-state index contributed by atoms with van der Waals surface area (Å²) in [7, 11) is 0. The molecule has 2 aliphatic carbocycles. The lowest BCUT2D eigenvalue weighted by atomic mass is 9.56. The number of nitro benzene ring substituents is 1. The molecule has 5 nitrogen and oxygen atoms in total. The highest BCUT2D eigenvalue weighted by Crippen LogP contribution is 2.53. The fraction of sp³-hybridized carbons (Fsp3) is 0.600. The van der Waals surface area contributed by atoms with Crippen molar-refractivity contribution in [1.29, 1.82) is 0 Å². The second kappa shape index (κ2) is 5.46. The molecule has 1 aromatic carbocycles. The Hall–Kier alpha value is -1.33. The van der Waals surface area contributed by atoms with E-state index in [1.54, 1.807) is 0 Å². The summed E-state index contributed by atoms with van der Waals surface area (Å²) >= 11 is 6.08. The predicted molar refractivity (Wildman–Crippen MR) is 78.7 cm³/mol. The Morgan fingerprint density at radius 3 is 2.67 bits per heavy atom. The van der Waals surface area contributed by atoms with Gasteiger partial charge in [-0.3, -0.25) is 10.1 Å². The van der Waals surface area contributed by atoms with Gasteiger partial charge in [-0.05, 0) is 18.9 Å². The summed E-state index contributed by atoms with van der Waals surface area (Å²) in [6, 6.07) is 4.21. The number of benzene rings is 1. The van der Waals surface area contributed by atoms with E-state index in [2.05, 4.69) is 0 Å². The van der Waals surface area contributed by atoms with Gasteiger partial charge in [0.1, 0.15) is 11.9 Å². The minimum absolute atomic E-state index is 0.0352. The quantitative estimate of drug-likeness (QED) is 0.682. The Bertz CT molecular complexity index is 557. The molecule has 0 aromatic heterocycles. The molecule has 0 heterocycles. The van der Waals surface area contributed by atoms with E-state index in [0.29, 0.717) is 17.2 Å². The Morgan fingerprint density at radius 2 is 2.05 bits per heavy atom. The van der Waals surface area contributed by atoms with Gasteiger partial charge in [-0.1, -0.05) is 30.9 Å². The SMILES string of the molecule is O=[N+]([O-])c1ccc(Cl)c(OC2CC(O)C23CCCCC3)c1. The molecule has 21 heavy (non-hydrogen) atoms. The van der Waals surface area contributed by atoms with Gasteiger partial charge in [-0.25, -0.2) is 0 Å². The number of aliphatic hydroxyl groups excluding tert-OH is 1. The highest BCUT2D eigenvalue weighted by atomic mass is 35.5. The van der Waals surface area contributed by atoms with Crippen molar-refractivity contribution in [2.24, 2.45) is 5.41 Å². The van der Waals surface area contributed by atoms with Gasteiger partial charge < -0.3 is 9.84 Å². The molecule has 1 aromatic rings. The zero-order valence-electron chi connectivity index (χ0n) is 11.6. The smallest absolute Gasteiger partial charge is 0.273 e. The first-order valence-corrected chi connectivity index (χ1v) is 7.69. The van der Waals surface area contributed by atoms with Crippen LogP contribution in [-0.4, -0.2) is 22.2 Å². The molecule has 114 valence electrons. The summed E-state index contributed by atoms with van der Waals surface area (Å²) in [5.74, 6) is 0.340. The lowest BCUT2D eigenvalue weighted by molar-refractivity contribution is -0.385. The number of nitrogens with zero attached hydrogens (tertiary/aromatic N) is 1. The van der Waals surface area contributed by atoms with Crippen LogP contribution in [0.3, 0.4) is 0 Å². The lowest BCUT2D eigenvalue weighted by Crippen LogP contribution is -2.60. The van der Waals surface area contributed by atoms with E-state index in [0.717, 1.165) is 25.7 Å². The number of rotatable bonds is 3. The monoisotopic (exact) mass is 311 g/mol. The Kier molecular flexibility index (Phi) is 3.80. The topological polar surface area (TPSA) is 72.6 Å². The van der Waals surface area contributed by atoms with Gasteiger partial charge >= 0.3 is 0 Å². The Morgan fingerprint density at radius 1 is 1.33 bits per heavy atom. The maximum absolute atomic E-state index is 10.8. The third kappa shape index (κ3) is 2.49. The predicted octanol–water partition coefficient (Wildman–Crippen LogP) is 3.71. The number of nitro groups is 1. The molecule has 2 saturated carbocycles. The molecule has 3 rings (SSSR count). The van der Waals surface area contributed by atoms with Gasteiger partial charge in [-0.2, -0.15) is 0 Å². The molecule has 6 heteroatoms. The molecular formula is C15H18ClNO4. The third-order valence-electron chi connectivity index (χ3n) is 4.92. The Balaban J connectivity index is 1.80. The molecule has 0 amide bonds. The average Bonchev–Trinajstić information content (AvgIpc) is 2.49. The van der Waals surface area contributed by atoms with E-state index >= 15 is 0 Å². The molecule has 2 unspecified atom stereocenters. The van der Waals surface area contributed by atoms with Crippen LogP contribution in [0.15, 0.2) is 18.2 Å². The van der Waals surface area contributed by atoms with Gasteiger partial charge in [0.25, 0.3) is 5.69 Å². The van der Waals surface area contributed by atoms with Crippen molar-refractivity contribution in [2.45, 2.75) is 50.7 Å². The van der Waals surface area contributed by atoms with Crippen molar-refractivity contribution in [3.05, 3.63) is 33.3 Å². The summed E-state index contributed by atoms with van der Waals surface area (Å²) in [5.41, 5.74) is -0.224. The highest BCUT2D eigenvalue weighted by molar-refractivity contribution is 6.32. The van der Waals surface area contributed by atoms with Crippen LogP contribution < -0.4 is 4.74 Å². The minimum atomic E-state index is -0.463. The molecule has 1 spiro atoms. The summed E-state index contributed by atoms with van der Waals surface area (Å²) < 4.78 is 5.94. The summed E-state index contributed by atoms with van der Waals surface area (Å²) in [6.45, 7) is 0. The van der Waals surface area contributed by atoms with Crippen molar-refractivity contribution in [3.63, 3.8) is 0 Å². The number of aliphatic hydroxyl groups is 1. The fourth-order valence-corrected chi connectivity index (χ4v) is 3.77. The molecular weight excluding hydrogens is 294 g/mol. The van der Waals surface area contributed by atoms with E-state index in [9.17, 15) is 15.2 Å². The van der Waals surface area contributed by atoms with Crippen molar-refractivity contribution in [3.8, 4) is 5.75 Å².